The molecule has 0 atom stereocenters. The normalized spacial score (nSPS) is 9.68. The number of benzene rings is 2. The van der Waals surface area contributed by atoms with Gasteiger partial charge in [-0.15, -0.1) is 0 Å². The van der Waals surface area contributed by atoms with E-state index >= 15 is 0 Å². The molecule has 0 saturated carbocycles. The molecule has 0 radical (unpaired) electrons. The first-order chi connectivity index (χ1) is 9.20. The third-order valence-electron chi connectivity index (χ3n) is 2.45. The van der Waals surface area contributed by atoms with Crippen LogP contribution in [0.2, 0.25) is 0 Å². The maximum atomic E-state index is 4.83. The number of ether oxygens (including phenoxy) is 1. The molecule has 0 fully saturated rings. The van der Waals surface area contributed by atoms with E-state index < -0.39 is 0 Å². The summed E-state index contributed by atoms with van der Waals surface area (Å²) in [7, 11) is 0. The second kappa shape index (κ2) is 9.72. The van der Waals surface area contributed by atoms with E-state index in [1.807, 2.05) is 13.8 Å². The zero-order valence-corrected chi connectivity index (χ0v) is 15.5. The summed E-state index contributed by atoms with van der Waals surface area (Å²) in [5.74, 6) is 0. The van der Waals surface area contributed by atoms with Gasteiger partial charge in [0.15, 0.2) is 0 Å². The third kappa shape index (κ3) is 5.79. The largest absolute Gasteiger partial charge is 0.382 e. The number of rotatable bonds is 3. The number of hydrogen-bond donors (Lipinski definition) is 0. The maximum absolute atomic E-state index is 4.83. The Labute approximate surface area is 143 Å². The Balaban J connectivity index is 0.000000312. The van der Waals surface area contributed by atoms with Gasteiger partial charge in [-0.1, -0.05) is 36.4 Å². The van der Waals surface area contributed by atoms with E-state index in [2.05, 4.69) is 93.7 Å². The zero-order chi connectivity index (χ0) is 14.1. The van der Waals surface area contributed by atoms with Crippen molar-refractivity contribution in [2.75, 3.05) is 13.2 Å². The summed E-state index contributed by atoms with van der Waals surface area (Å²) < 4.78 is 7.43. The fraction of sp³-hybridized carbons (Fsp3) is 0.250. The van der Waals surface area contributed by atoms with Crippen LogP contribution in [0.25, 0.3) is 11.1 Å². The van der Waals surface area contributed by atoms with Gasteiger partial charge < -0.3 is 4.74 Å². The minimum atomic E-state index is 0.844. The Morgan fingerprint density at radius 3 is 1.37 bits per heavy atom. The van der Waals surface area contributed by atoms with Crippen molar-refractivity contribution < 1.29 is 4.74 Å². The van der Waals surface area contributed by atoms with Gasteiger partial charge in [-0.3, -0.25) is 0 Å². The minimum Gasteiger partial charge on any atom is -0.382 e. The molecule has 0 bridgehead atoms. The van der Waals surface area contributed by atoms with E-state index in [0.29, 0.717) is 0 Å². The Bertz CT molecular complexity index is 452. The molecule has 2 aromatic rings. The zero-order valence-electron chi connectivity index (χ0n) is 11.2. The van der Waals surface area contributed by atoms with Crippen molar-refractivity contribution in [2.24, 2.45) is 0 Å². The van der Waals surface area contributed by atoms with Crippen molar-refractivity contribution >= 4 is 45.2 Å². The molecule has 0 amide bonds. The van der Waals surface area contributed by atoms with E-state index in [-0.39, 0.29) is 0 Å². The highest BCUT2D eigenvalue weighted by molar-refractivity contribution is 14.1. The van der Waals surface area contributed by atoms with E-state index in [9.17, 15) is 0 Å². The first-order valence-electron chi connectivity index (χ1n) is 6.27. The highest BCUT2D eigenvalue weighted by atomic mass is 127. The molecule has 1 nitrogen and oxygen atoms in total. The molecule has 19 heavy (non-hydrogen) atoms. The SMILES string of the molecule is CCOCC.Ic1ccccc1-c1ccccc1I. The lowest BCUT2D eigenvalue weighted by molar-refractivity contribution is 0.162. The van der Waals surface area contributed by atoms with Crippen LogP contribution in [-0.2, 0) is 4.74 Å². The van der Waals surface area contributed by atoms with Gasteiger partial charge in [0.1, 0.15) is 0 Å². The molecule has 2 aromatic carbocycles. The first-order valence-corrected chi connectivity index (χ1v) is 8.43. The Morgan fingerprint density at radius 2 is 1.11 bits per heavy atom. The topological polar surface area (TPSA) is 9.23 Å². The number of halogens is 2. The molecule has 0 aliphatic rings. The van der Waals surface area contributed by atoms with Gasteiger partial charge in [0.2, 0.25) is 0 Å². The average molecular weight is 480 g/mol. The predicted octanol–water partition coefficient (Wildman–Crippen LogP) is 5.61. The minimum absolute atomic E-state index is 0.844. The molecule has 0 heterocycles. The summed E-state index contributed by atoms with van der Waals surface area (Å²) >= 11 is 4.75. The Kier molecular flexibility index (Phi) is 8.65. The molecule has 0 N–H and O–H groups in total. The maximum Gasteiger partial charge on any atom is 0.0437 e. The molecule has 0 spiro atoms. The Morgan fingerprint density at radius 1 is 0.737 bits per heavy atom. The second-order valence-electron chi connectivity index (χ2n) is 3.74. The molecule has 102 valence electrons. The predicted molar refractivity (Wildman–Crippen MR) is 99.5 cm³/mol. The van der Waals surface area contributed by atoms with Gasteiger partial charge in [-0.05, 0) is 82.3 Å². The molecule has 0 aliphatic heterocycles. The highest BCUT2D eigenvalue weighted by Gasteiger charge is 2.04. The van der Waals surface area contributed by atoms with Crippen molar-refractivity contribution in [1.29, 1.82) is 0 Å². The summed E-state index contributed by atoms with van der Waals surface area (Å²) in [6.07, 6.45) is 0. The van der Waals surface area contributed by atoms with Crippen LogP contribution in [0.3, 0.4) is 0 Å². The van der Waals surface area contributed by atoms with Gasteiger partial charge in [0.05, 0.1) is 0 Å². The van der Waals surface area contributed by atoms with Crippen molar-refractivity contribution in [3.8, 4) is 11.1 Å². The van der Waals surface area contributed by atoms with Gasteiger partial charge >= 0.3 is 0 Å². The summed E-state index contributed by atoms with van der Waals surface area (Å²) in [5.41, 5.74) is 2.64. The van der Waals surface area contributed by atoms with Crippen LogP contribution in [0, 0.1) is 7.14 Å². The van der Waals surface area contributed by atoms with Crippen LogP contribution in [0.1, 0.15) is 13.8 Å². The fourth-order valence-electron chi connectivity index (χ4n) is 1.56. The van der Waals surface area contributed by atoms with Gasteiger partial charge in [0.25, 0.3) is 0 Å². The van der Waals surface area contributed by atoms with Crippen molar-refractivity contribution in [3.05, 3.63) is 55.7 Å². The molecule has 3 heteroatoms. The lowest BCUT2D eigenvalue weighted by Crippen LogP contribution is -1.84. The lowest BCUT2D eigenvalue weighted by Gasteiger charge is -2.06. The third-order valence-corrected chi connectivity index (χ3v) is 4.33. The second-order valence-corrected chi connectivity index (χ2v) is 6.07. The molecular weight excluding hydrogens is 462 g/mol. The van der Waals surface area contributed by atoms with Crippen LogP contribution in [0.15, 0.2) is 48.5 Å². The number of hydrogen-bond acceptors (Lipinski definition) is 1. The van der Waals surface area contributed by atoms with E-state index in [1.165, 1.54) is 18.3 Å². The summed E-state index contributed by atoms with van der Waals surface area (Å²) in [4.78, 5) is 0. The lowest BCUT2D eigenvalue weighted by atomic mass is 10.1. The van der Waals surface area contributed by atoms with Gasteiger partial charge in [-0.2, -0.15) is 0 Å². The molecule has 0 unspecified atom stereocenters. The smallest absolute Gasteiger partial charge is 0.0437 e. The van der Waals surface area contributed by atoms with E-state index in [4.69, 9.17) is 4.74 Å². The van der Waals surface area contributed by atoms with E-state index in [1.54, 1.807) is 0 Å². The van der Waals surface area contributed by atoms with Crippen LogP contribution in [0.5, 0.6) is 0 Å². The van der Waals surface area contributed by atoms with Crippen LogP contribution in [0.4, 0.5) is 0 Å². The molecule has 2 rings (SSSR count). The quantitative estimate of drug-likeness (QED) is 0.520. The molecule has 0 aromatic heterocycles. The standard InChI is InChI=1S/C12H8I2.C4H10O/c13-11-7-3-1-5-9(11)10-6-2-4-8-12(10)14;1-3-5-4-2/h1-8H;3-4H2,1-2H3. The highest BCUT2D eigenvalue weighted by Crippen LogP contribution is 2.28. The van der Waals surface area contributed by atoms with Crippen molar-refractivity contribution in [3.63, 3.8) is 0 Å². The summed E-state index contributed by atoms with van der Waals surface area (Å²) in [6.45, 7) is 5.67. The van der Waals surface area contributed by atoms with Crippen LogP contribution < -0.4 is 0 Å². The van der Waals surface area contributed by atoms with Crippen LogP contribution >= 0.6 is 45.2 Å². The molecular formula is C16H18I2O. The molecule has 0 aliphatic carbocycles. The van der Waals surface area contributed by atoms with Gasteiger partial charge in [0, 0.05) is 20.4 Å². The molecule has 0 saturated heterocycles. The fourth-order valence-corrected chi connectivity index (χ4v) is 2.92. The first kappa shape index (κ1) is 16.9. The van der Waals surface area contributed by atoms with Gasteiger partial charge in [-0.25, -0.2) is 0 Å². The monoisotopic (exact) mass is 480 g/mol. The summed E-state index contributed by atoms with van der Waals surface area (Å²) in [5, 5.41) is 0. The van der Waals surface area contributed by atoms with Crippen molar-refractivity contribution in [1.82, 2.24) is 0 Å². The Hall–Kier alpha value is -0.140. The average Bonchev–Trinajstić information content (AvgIpc) is 2.42. The van der Waals surface area contributed by atoms with E-state index in [0.717, 1.165) is 13.2 Å². The summed E-state index contributed by atoms with van der Waals surface area (Å²) in [6, 6.07) is 16.9. The van der Waals surface area contributed by atoms with Crippen molar-refractivity contribution in [2.45, 2.75) is 13.8 Å². The van der Waals surface area contributed by atoms with Crippen LogP contribution in [-0.4, -0.2) is 13.2 Å².